The van der Waals surface area contributed by atoms with E-state index in [1.807, 2.05) is 0 Å². The standard InChI is InChI=1S/C10H13NO4S/c1-3-11-16(14,15)9-5-4-7(2)6-8(9)10(12)13/h4-6,11H,3H2,1-2H3,(H,12,13). The lowest BCUT2D eigenvalue weighted by molar-refractivity contribution is 0.0692. The van der Waals surface area contributed by atoms with Gasteiger partial charge in [0.15, 0.2) is 0 Å². The van der Waals surface area contributed by atoms with Gasteiger partial charge in [-0.2, -0.15) is 0 Å². The number of carboxylic acid groups (broad SMARTS) is 1. The minimum absolute atomic E-state index is 0.201. The van der Waals surface area contributed by atoms with Gasteiger partial charge in [0.25, 0.3) is 0 Å². The molecule has 0 heterocycles. The molecule has 16 heavy (non-hydrogen) atoms. The molecule has 0 atom stereocenters. The quantitative estimate of drug-likeness (QED) is 0.826. The SMILES string of the molecule is CCNS(=O)(=O)c1ccc(C)cc1C(=O)O. The highest BCUT2D eigenvalue weighted by molar-refractivity contribution is 7.89. The molecule has 0 aliphatic heterocycles. The minimum atomic E-state index is -3.73. The summed E-state index contributed by atoms with van der Waals surface area (Å²) in [6, 6.07) is 4.21. The zero-order chi connectivity index (χ0) is 12.3. The summed E-state index contributed by atoms with van der Waals surface area (Å²) >= 11 is 0. The number of nitrogens with one attached hydrogen (secondary N) is 1. The molecule has 6 heteroatoms. The summed E-state index contributed by atoms with van der Waals surface area (Å²) in [5.41, 5.74) is 0.494. The van der Waals surface area contributed by atoms with E-state index in [0.717, 1.165) is 0 Å². The average molecular weight is 243 g/mol. The van der Waals surface area contributed by atoms with E-state index in [1.165, 1.54) is 12.1 Å². The van der Waals surface area contributed by atoms with E-state index in [9.17, 15) is 13.2 Å². The average Bonchev–Trinajstić information content (AvgIpc) is 2.16. The van der Waals surface area contributed by atoms with E-state index in [2.05, 4.69) is 4.72 Å². The molecule has 0 saturated heterocycles. The van der Waals surface area contributed by atoms with Crippen LogP contribution in [0, 0.1) is 6.92 Å². The number of hydrogen-bond donors (Lipinski definition) is 2. The largest absolute Gasteiger partial charge is 0.478 e. The molecule has 0 radical (unpaired) electrons. The van der Waals surface area contributed by atoms with E-state index < -0.39 is 16.0 Å². The Morgan fingerprint density at radius 3 is 2.56 bits per heavy atom. The monoisotopic (exact) mass is 243 g/mol. The molecule has 0 spiro atoms. The Balaban J connectivity index is 3.39. The van der Waals surface area contributed by atoms with Gasteiger partial charge in [-0.1, -0.05) is 18.6 Å². The summed E-state index contributed by atoms with van der Waals surface area (Å²) in [7, 11) is -3.73. The van der Waals surface area contributed by atoms with Crippen molar-refractivity contribution >= 4 is 16.0 Å². The fourth-order valence-electron chi connectivity index (χ4n) is 1.31. The summed E-state index contributed by atoms with van der Waals surface area (Å²) in [5.74, 6) is -1.25. The van der Waals surface area contributed by atoms with Crippen LogP contribution in [0.2, 0.25) is 0 Å². The van der Waals surface area contributed by atoms with Crippen LogP contribution in [0.15, 0.2) is 23.1 Å². The summed E-state index contributed by atoms with van der Waals surface area (Å²) in [4.78, 5) is 10.7. The molecule has 0 aliphatic carbocycles. The second-order valence-corrected chi connectivity index (χ2v) is 5.04. The van der Waals surface area contributed by atoms with Crippen LogP contribution in [-0.4, -0.2) is 26.0 Å². The predicted molar refractivity (Wildman–Crippen MR) is 59.0 cm³/mol. The molecule has 0 fully saturated rings. The van der Waals surface area contributed by atoms with Gasteiger partial charge in [0, 0.05) is 6.54 Å². The van der Waals surface area contributed by atoms with Gasteiger partial charge in [-0.3, -0.25) is 0 Å². The first kappa shape index (κ1) is 12.7. The fraction of sp³-hybridized carbons (Fsp3) is 0.300. The van der Waals surface area contributed by atoms with Crippen molar-refractivity contribution in [3.05, 3.63) is 29.3 Å². The summed E-state index contributed by atoms with van der Waals surface area (Å²) < 4.78 is 25.7. The summed E-state index contributed by atoms with van der Waals surface area (Å²) in [6.07, 6.45) is 0. The van der Waals surface area contributed by atoms with Crippen LogP contribution >= 0.6 is 0 Å². The van der Waals surface area contributed by atoms with Crippen molar-refractivity contribution < 1.29 is 18.3 Å². The van der Waals surface area contributed by atoms with Gasteiger partial charge >= 0.3 is 5.97 Å². The number of hydrogen-bond acceptors (Lipinski definition) is 3. The molecule has 5 nitrogen and oxygen atoms in total. The molecule has 0 saturated carbocycles. The molecule has 0 aliphatic rings. The highest BCUT2D eigenvalue weighted by atomic mass is 32.2. The van der Waals surface area contributed by atoms with Crippen LogP contribution < -0.4 is 4.72 Å². The lowest BCUT2D eigenvalue weighted by Gasteiger charge is -2.08. The van der Waals surface area contributed by atoms with Crippen molar-refractivity contribution in [2.75, 3.05) is 6.54 Å². The van der Waals surface area contributed by atoms with E-state index in [4.69, 9.17) is 5.11 Å². The zero-order valence-corrected chi connectivity index (χ0v) is 9.84. The van der Waals surface area contributed by atoms with Gasteiger partial charge < -0.3 is 5.11 Å². The summed E-state index contributed by atoms with van der Waals surface area (Å²) in [5, 5.41) is 8.93. The maximum Gasteiger partial charge on any atom is 0.337 e. The number of carbonyl (C=O) groups is 1. The molecular formula is C10H13NO4S. The van der Waals surface area contributed by atoms with Crippen LogP contribution in [0.25, 0.3) is 0 Å². The van der Waals surface area contributed by atoms with E-state index >= 15 is 0 Å². The van der Waals surface area contributed by atoms with Gasteiger partial charge in [-0.15, -0.1) is 0 Å². The van der Waals surface area contributed by atoms with Crippen molar-refractivity contribution in [1.82, 2.24) is 4.72 Å². The molecule has 0 bridgehead atoms. The molecule has 1 aromatic rings. The van der Waals surface area contributed by atoms with Gasteiger partial charge in [0.2, 0.25) is 10.0 Å². The molecule has 1 rings (SSSR count). The normalized spacial score (nSPS) is 11.4. The highest BCUT2D eigenvalue weighted by Gasteiger charge is 2.21. The Kier molecular flexibility index (Phi) is 3.66. The third-order valence-electron chi connectivity index (χ3n) is 1.99. The topological polar surface area (TPSA) is 83.5 Å². The first-order valence-electron chi connectivity index (χ1n) is 4.72. The number of sulfonamides is 1. The molecule has 2 N–H and O–H groups in total. The third kappa shape index (κ3) is 2.59. The predicted octanol–water partition coefficient (Wildman–Crippen LogP) is 0.991. The van der Waals surface area contributed by atoms with Crippen LogP contribution in [-0.2, 0) is 10.0 Å². The first-order valence-corrected chi connectivity index (χ1v) is 6.20. The first-order chi connectivity index (χ1) is 7.38. The maximum absolute atomic E-state index is 11.7. The van der Waals surface area contributed by atoms with Gasteiger partial charge in [0.05, 0.1) is 10.5 Å². The Labute approximate surface area is 94.2 Å². The van der Waals surface area contributed by atoms with Crippen LogP contribution in [0.3, 0.4) is 0 Å². The van der Waals surface area contributed by atoms with E-state index in [1.54, 1.807) is 19.9 Å². The molecule has 0 aromatic heterocycles. The van der Waals surface area contributed by atoms with E-state index in [-0.39, 0.29) is 17.0 Å². The minimum Gasteiger partial charge on any atom is -0.478 e. The Morgan fingerprint density at radius 2 is 2.06 bits per heavy atom. The van der Waals surface area contributed by atoms with Crippen LogP contribution in [0.4, 0.5) is 0 Å². The fourth-order valence-corrected chi connectivity index (χ4v) is 2.53. The van der Waals surface area contributed by atoms with Crippen molar-refractivity contribution in [3.63, 3.8) is 0 Å². The number of aromatic carboxylic acids is 1. The van der Waals surface area contributed by atoms with Gasteiger partial charge in [-0.25, -0.2) is 17.9 Å². The Hall–Kier alpha value is -1.40. The van der Waals surface area contributed by atoms with Crippen molar-refractivity contribution in [2.24, 2.45) is 0 Å². The molecule has 1 aromatic carbocycles. The third-order valence-corrected chi connectivity index (χ3v) is 3.59. The number of rotatable bonds is 4. The second-order valence-electron chi connectivity index (χ2n) is 3.31. The lowest BCUT2D eigenvalue weighted by atomic mass is 10.1. The molecule has 0 unspecified atom stereocenters. The Bertz CT molecular complexity index is 508. The van der Waals surface area contributed by atoms with Crippen molar-refractivity contribution in [2.45, 2.75) is 18.7 Å². The molecular weight excluding hydrogens is 230 g/mol. The van der Waals surface area contributed by atoms with Gasteiger partial charge in [-0.05, 0) is 19.1 Å². The Morgan fingerprint density at radius 1 is 1.44 bits per heavy atom. The van der Waals surface area contributed by atoms with Crippen LogP contribution in [0.5, 0.6) is 0 Å². The maximum atomic E-state index is 11.7. The number of benzene rings is 1. The van der Waals surface area contributed by atoms with E-state index in [0.29, 0.717) is 5.56 Å². The van der Waals surface area contributed by atoms with Gasteiger partial charge in [0.1, 0.15) is 0 Å². The molecule has 0 amide bonds. The highest BCUT2D eigenvalue weighted by Crippen LogP contribution is 2.17. The van der Waals surface area contributed by atoms with Crippen molar-refractivity contribution in [3.8, 4) is 0 Å². The number of aryl methyl sites for hydroxylation is 1. The number of carboxylic acids is 1. The smallest absolute Gasteiger partial charge is 0.337 e. The summed E-state index contributed by atoms with van der Waals surface area (Å²) in [6.45, 7) is 3.55. The lowest BCUT2D eigenvalue weighted by Crippen LogP contribution is -2.25. The van der Waals surface area contributed by atoms with Crippen molar-refractivity contribution in [1.29, 1.82) is 0 Å². The second kappa shape index (κ2) is 4.63. The molecule has 88 valence electrons. The zero-order valence-electron chi connectivity index (χ0n) is 9.02. The van der Waals surface area contributed by atoms with Crippen LogP contribution in [0.1, 0.15) is 22.8 Å².